The van der Waals surface area contributed by atoms with E-state index in [4.69, 9.17) is 23.3 Å². The Morgan fingerprint density at radius 1 is 0.676 bits per heavy atom. The highest BCUT2D eigenvalue weighted by molar-refractivity contribution is 9.11. The summed E-state index contributed by atoms with van der Waals surface area (Å²) >= 11 is 9.78. The minimum atomic E-state index is -0.523. The number of rotatable bonds is 3. The van der Waals surface area contributed by atoms with Gasteiger partial charge in [-0.3, -0.25) is 0 Å². The Kier molecular flexibility index (Phi) is 11.5. The van der Waals surface area contributed by atoms with E-state index in [2.05, 4.69) is 57.8 Å². The van der Waals surface area contributed by atoms with Crippen LogP contribution >= 0.6 is 47.8 Å². The molecule has 4 rings (SSSR count). The molecule has 0 aliphatic carbocycles. The Balaban J connectivity index is 0.000000206. The summed E-state index contributed by atoms with van der Waals surface area (Å²) < 4.78 is 31.2. The van der Waals surface area contributed by atoms with Crippen molar-refractivity contribution in [1.82, 2.24) is 9.97 Å². The molecule has 0 N–H and O–H groups in total. The molecule has 2 aliphatic rings. The van der Waals surface area contributed by atoms with Gasteiger partial charge in [0.1, 0.15) is 9.21 Å². The molecule has 0 spiro atoms. The van der Waals surface area contributed by atoms with Crippen LogP contribution in [0.5, 0.6) is 0 Å². The van der Waals surface area contributed by atoms with Gasteiger partial charge in [-0.25, -0.2) is 9.97 Å². The first-order valence-corrected chi connectivity index (χ1v) is 14.5. The molecule has 4 heterocycles. The third kappa shape index (κ3) is 9.38. The zero-order valence-corrected chi connectivity index (χ0v) is 28.0. The maximum atomic E-state index is 5.91. The van der Waals surface area contributed by atoms with Crippen LogP contribution in [0.25, 0.3) is 0 Å². The van der Waals surface area contributed by atoms with Crippen molar-refractivity contribution in [1.29, 1.82) is 0 Å². The fourth-order valence-corrected chi connectivity index (χ4v) is 3.63. The molecule has 0 atom stereocenters. The third-order valence-corrected chi connectivity index (χ3v) is 7.99. The summed E-state index contributed by atoms with van der Waals surface area (Å²) in [5.74, 6) is 0. The Bertz CT molecular complexity index is 953. The van der Waals surface area contributed by atoms with Crippen LogP contribution in [0.2, 0.25) is 0 Å². The van der Waals surface area contributed by atoms with E-state index >= 15 is 0 Å². The first kappa shape index (κ1) is 32.9. The van der Waals surface area contributed by atoms with Gasteiger partial charge in [0.25, 0.3) is 0 Å². The SMILES string of the molecule is Brc1ccc(Br)nc1.CC(C)OB1OC(C)(C)C(C)(C)O1.CC1(C)OB(c2ccc(Br)nc2)OC1(C)C. The Hall–Kier alpha value is -0.330. The molecule has 37 heavy (non-hydrogen) atoms. The van der Waals surface area contributed by atoms with Crippen molar-refractivity contribution in [3.63, 3.8) is 0 Å². The van der Waals surface area contributed by atoms with Gasteiger partial charge in [0.15, 0.2) is 0 Å². The normalized spacial score (nSPS) is 20.7. The number of hydrogen-bond acceptors (Lipinski definition) is 7. The van der Waals surface area contributed by atoms with E-state index in [1.165, 1.54) is 0 Å². The molecule has 0 bridgehead atoms. The molecule has 2 aliphatic heterocycles. The minimum absolute atomic E-state index is 0.120. The summed E-state index contributed by atoms with van der Waals surface area (Å²) in [7, 11) is -0.851. The van der Waals surface area contributed by atoms with E-state index in [9.17, 15) is 0 Å². The van der Waals surface area contributed by atoms with Gasteiger partial charge in [-0.05, 0) is 135 Å². The average molecular weight is 707 g/mol. The fraction of sp³-hybridized carbons (Fsp3) is 0.600. The van der Waals surface area contributed by atoms with Crippen LogP contribution in [-0.2, 0) is 23.3 Å². The number of nitrogens with zero attached hydrogens (tertiary/aromatic N) is 2. The quantitative estimate of drug-likeness (QED) is 0.259. The molecule has 0 saturated carbocycles. The van der Waals surface area contributed by atoms with Gasteiger partial charge < -0.3 is 23.3 Å². The van der Waals surface area contributed by atoms with Gasteiger partial charge in [0, 0.05) is 28.4 Å². The first-order valence-electron chi connectivity index (χ1n) is 12.1. The van der Waals surface area contributed by atoms with Crippen molar-refractivity contribution >= 4 is 67.7 Å². The van der Waals surface area contributed by atoms with Crippen molar-refractivity contribution in [2.45, 2.75) is 97.7 Å². The van der Waals surface area contributed by atoms with E-state index in [-0.39, 0.29) is 35.6 Å². The van der Waals surface area contributed by atoms with Crippen molar-refractivity contribution in [2.24, 2.45) is 0 Å². The molecule has 0 unspecified atom stereocenters. The largest absolute Gasteiger partial charge is 0.640 e. The van der Waals surface area contributed by atoms with Crippen molar-refractivity contribution in [3.8, 4) is 0 Å². The third-order valence-electron chi connectivity index (χ3n) is 6.58. The van der Waals surface area contributed by atoms with E-state index in [0.717, 1.165) is 19.1 Å². The molecule has 0 aromatic carbocycles. The second kappa shape index (κ2) is 12.9. The highest BCUT2D eigenvalue weighted by atomic mass is 79.9. The molecule has 0 radical (unpaired) electrons. The molecule has 204 valence electrons. The summed E-state index contributed by atoms with van der Waals surface area (Å²) in [6.07, 6.45) is 3.63. The van der Waals surface area contributed by atoms with Crippen LogP contribution in [0.1, 0.15) is 69.2 Å². The smallest absolute Gasteiger partial charge is 0.399 e. The standard InChI is InChI=1S/C11H15BBrNO2.C9H19BO3.C5H3Br2N/c1-10(2)11(3,4)16-12(15-10)8-5-6-9(13)14-7-8;1-7(2)11-10-12-8(3,4)9(5,6)13-10;6-4-1-2-5(7)8-3-4/h5-7H,1-4H3;7H,1-6H3;1-3H. The van der Waals surface area contributed by atoms with Gasteiger partial charge >= 0.3 is 14.4 Å². The minimum Gasteiger partial charge on any atom is -0.399 e. The number of hydrogen-bond donors (Lipinski definition) is 0. The molecular weight excluding hydrogens is 670 g/mol. The van der Waals surface area contributed by atoms with E-state index in [1.54, 1.807) is 12.4 Å². The molecule has 2 aromatic heterocycles. The molecular formula is C25H37B2Br3N2O5. The monoisotopic (exact) mass is 704 g/mol. The summed E-state index contributed by atoms with van der Waals surface area (Å²) in [5.41, 5.74) is -0.254. The average Bonchev–Trinajstić information content (AvgIpc) is 3.09. The molecule has 2 saturated heterocycles. The van der Waals surface area contributed by atoms with Crippen LogP contribution in [0, 0.1) is 0 Å². The Morgan fingerprint density at radius 2 is 1.11 bits per heavy atom. The number of aromatic nitrogens is 2. The van der Waals surface area contributed by atoms with Crippen LogP contribution in [0.4, 0.5) is 0 Å². The van der Waals surface area contributed by atoms with Crippen LogP contribution in [-0.4, -0.2) is 52.9 Å². The highest BCUT2D eigenvalue weighted by Crippen LogP contribution is 2.37. The molecule has 12 heteroatoms. The second-order valence-electron chi connectivity index (χ2n) is 11.0. The van der Waals surface area contributed by atoms with Gasteiger partial charge in [-0.2, -0.15) is 0 Å². The summed E-state index contributed by atoms with van der Waals surface area (Å²) in [4.78, 5) is 8.12. The van der Waals surface area contributed by atoms with Crippen molar-refractivity contribution < 1.29 is 23.3 Å². The summed E-state index contributed by atoms with van der Waals surface area (Å²) in [6, 6.07) is 7.65. The lowest BCUT2D eigenvalue weighted by Crippen LogP contribution is -2.41. The lowest BCUT2D eigenvalue weighted by atomic mass is 9.80. The number of pyridine rings is 2. The Labute approximate surface area is 247 Å². The van der Waals surface area contributed by atoms with Gasteiger partial charge in [0.2, 0.25) is 0 Å². The van der Waals surface area contributed by atoms with Gasteiger partial charge in [-0.1, -0.05) is 6.07 Å². The predicted molar refractivity (Wildman–Crippen MR) is 160 cm³/mol. The van der Waals surface area contributed by atoms with E-state index < -0.39 is 7.32 Å². The van der Waals surface area contributed by atoms with Crippen LogP contribution < -0.4 is 5.46 Å². The maximum absolute atomic E-state index is 5.91. The topological polar surface area (TPSA) is 71.9 Å². The predicted octanol–water partition coefficient (Wildman–Crippen LogP) is 6.75. The number of halogens is 3. The Morgan fingerprint density at radius 3 is 1.46 bits per heavy atom. The zero-order chi connectivity index (χ0) is 28.2. The first-order chi connectivity index (χ1) is 16.8. The molecule has 0 amide bonds. The lowest BCUT2D eigenvalue weighted by Gasteiger charge is -2.32. The van der Waals surface area contributed by atoms with Gasteiger partial charge in [-0.15, -0.1) is 0 Å². The van der Waals surface area contributed by atoms with Crippen LogP contribution in [0.3, 0.4) is 0 Å². The van der Waals surface area contributed by atoms with Gasteiger partial charge in [0.05, 0.1) is 22.4 Å². The maximum Gasteiger partial charge on any atom is 0.640 e. The van der Waals surface area contributed by atoms with Crippen molar-refractivity contribution in [3.05, 3.63) is 50.3 Å². The fourth-order valence-electron chi connectivity index (χ4n) is 2.93. The molecule has 2 fully saturated rings. The highest BCUT2D eigenvalue weighted by Gasteiger charge is 2.53. The van der Waals surface area contributed by atoms with E-state index in [0.29, 0.717) is 0 Å². The van der Waals surface area contributed by atoms with Crippen LogP contribution in [0.15, 0.2) is 50.3 Å². The second-order valence-corrected chi connectivity index (χ2v) is 13.6. The summed E-state index contributed by atoms with van der Waals surface area (Å²) in [5, 5.41) is 0. The molecule has 2 aromatic rings. The lowest BCUT2D eigenvalue weighted by molar-refractivity contribution is 0.00578. The molecule has 7 nitrogen and oxygen atoms in total. The van der Waals surface area contributed by atoms with E-state index in [1.807, 2.05) is 93.5 Å². The summed E-state index contributed by atoms with van der Waals surface area (Å²) in [6.45, 7) is 20.1. The zero-order valence-electron chi connectivity index (χ0n) is 23.3. The van der Waals surface area contributed by atoms with Crippen molar-refractivity contribution in [2.75, 3.05) is 0 Å².